The molecule has 1 aromatic rings. The van der Waals surface area contributed by atoms with Crippen LogP contribution in [0.5, 0.6) is 0 Å². The fourth-order valence-electron chi connectivity index (χ4n) is 10.4. The maximum absolute atomic E-state index is 11.8. The van der Waals surface area contributed by atoms with Crippen molar-refractivity contribution in [2.24, 2.45) is 46.3 Å². The SMILES string of the molecule is COC(=O)CC[C@@H](C)[C@@H]1CC[C@H]2[C@@H]3[C@H](O)C[C@H]4C[C@H](NCCCCNCc5ccccn5)CC[C@]4(C)[C@@H]3CC[C@]21C. The van der Waals surface area contributed by atoms with Crippen molar-refractivity contribution in [2.75, 3.05) is 20.2 Å². The first-order valence-corrected chi connectivity index (χ1v) is 16.8. The number of carbonyl (C=O) groups excluding carboxylic acids is 1. The lowest BCUT2D eigenvalue weighted by Gasteiger charge is -2.62. The number of aliphatic hydroxyl groups excluding tert-OH is 1. The monoisotopic (exact) mass is 567 g/mol. The Labute approximate surface area is 249 Å². The molecule has 0 aliphatic heterocycles. The molecule has 0 aromatic carbocycles. The molecule has 4 fully saturated rings. The molecule has 4 aliphatic rings. The number of pyridine rings is 1. The summed E-state index contributed by atoms with van der Waals surface area (Å²) < 4.78 is 4.92. The van der Waals surface area contributed by atoms with Gasteiger partial charge in [-0.25, -0.2) is 0 Å². The van der Waals surface area contributed by atoms with Crippen LogP contribution < -0.4 is 10.6 Å². The summed E-state index contributed by atoms with van der Waals surface area (Å²) in [5.74, 6) is 3.47. The normalized spacial score (nSPS) is 38.9. The van der Waals surface area contributed by atoms with Crippen LogP contribution in [0.3, 0.4) is 0 Å². The van der Waals surface area contributed by atoms with E-state index < -0.39 is 0 Å². The highest BCUT2D eigenvalue weighted by Crippen LogP contribution is 2.68. The molecule has 6 heteroatoms. The topological polar surface area (TPSA) is 83.5 Å². The number of unbranched alkanes of at least 4 members (excludes halogenated alkanes) is 1. The maximum atomic E-state index is 11.8. The number of carbonyl (C=O) groups is 1. The molecule has 0 amide bonds. The first-order valence-electron chi connectivity index (χ1n) is 16.8. The Morgan fingerprint density at radius 1 is 1.07 bits per heavy atom. The van der Waals surface area contributed by atoms with E-state index in [4.69, 9.17) is 4.74 Å². The summed E-state index contributed by atoms with van der Waals surface area (Å²) in [5.41, 5.74) is 1.77. The van der Waals surface area contributed by atoms with Crippen molar-refractivity contribution in [3.63, 3.8) is 0 Å². The van der Waals surface area contributed by atoms with E-state index in [1.807, 2.05) is 18.3 Å². The third kappa shape index (κ3) is 6.55. The van der Waals surface area contributed by atoms with Crippen molar-refractivity contribution in [1.82, 2.24) is 15.6 Å². The van der Waals surface area contributed by atoms with E-state index in [1.54, 1.807) is 0 Å². The van der Waals surface area contributed by atoms with Gasteiger partial charge in [-0.3, -0.25) is 9.78 Å². The second-order valence-corrected chi connectivity index (χ2v) is 14.7. The molecule has 0 radical (unpaired) electrons. The second-order valence-electron chi connectivity index (χ2n) is 14.7. The van der Waals surface area contributed by atoms with E-state index in [2.05, 4.69) is 42.5 Å². The van der Waals surface area contributed by atoms with Gasteiger partial charge in [0, 0.05) is 25.2 Å². The Balaban J connectivity index is 1.10. The quantitative estimate of drug-likeness (QED) is 0.208. The highest BCUT2D eigenvalue weighted by atomic mass is 16.5. The van der Waals surface area contributed by atoms with Crippen LogP contribution in [0.1, 0.15) is 104 Å². The lowest BCUT2D eigenvalue weighted by molar-refractivity contribution is -0.167. The van der Waals surface area contributed by atoms with Crippen molar-refractivity contribution in [3.05, 3.63) is 30.1 Å². The summed E-state index contributed by atoms with van der Waals surface area (Å²) in [5, 5.41) is 19.1. The number of hydrogen-bond acceptors (Lipinski definition) is 6. The lowest BCUT2D eigenvalue weighted by Crippen LogP contribution is -2.59. The number of hydrogen-bond donors (Lipinski definition) is 3. The van der Waals surface area contributed by atoms with Gasteiger partial charge >= 0.3 is 5.97 Å². The molecule has 0 unspecified atom stereocenters. The van der Waals surface area contributed by atoms with Gasteiger partial charge in [-0.1, -0.05) is 26.8 Å². The van der Waals surface area contributed by atoms with Crippen LogP contribution in [-0.2, 0) is 16.1 Å². The van der Waals surface area contributed by atoms with Crippen molar-refractivity contribution >= 4 is 5.97 Å². The Kier molecular flexibility index (Phi) is 10.1. The molecule has 0 saturated heterocycles. The molecule has 230 valence electrons. The molecule has 0 bridgehead atoms. The van der Waals surface area contributed by atoms with Crippen LogP contribution in [0.15, 0.2) is 24.4 Å². The average Bonchev–Trinajstić information content (AvgIpc) is 3.33. The first kappa shape index (κ1) is 30.9. The summed E-state index contributed by atoms with van der Waals surface area (Å²) in [4.78, 5) is 16.2. The molecule has 1 heterocycles. The maximum Gasteiger partial charge on any atom is 0.305 e. The third-order valence-electron chi connectivity index (χ3n) is 12.7. The van der Waals surface area contributed by atoms with Gasteiger partial charge in [0.05, 0.1) is 18.9 Å². The summed E-state index contributed by atoms with van der Waals surface area (Å²) in [6.45, 7) is 10.5. The molecular formula is C35H57N3O3. The Morgan fingerprint density at radius 3 is 2.63 bits per heavy atom. The van der Waals surface area contributed by atoms with Crippen LogP contribution in [0.2, 0.25) is 0 Å². The zero-order valence-electron chi connectivity index (χ0n) is 26.2. The third-order valence-corrected chi connectivity index (χ3v) is 12.7. The van der Waals surface area contributed by atoms with Crippen molar-refractivity contribution in [1.29, 1.82) is 0 Å². The minimum absolute atomic E-state index is 0.0827. The van der Waals surface area contributed by atoms with Gasteiger partial charge < -0.3 is 20.5 Å². The zero-order chi connectivity index (χ0) is 29.0. The van der Waals surface area contributed by atoms with Crippen molar-refractivity contribution in [3.8, 4) is 0 Å². The standard InChI is InChI=1S/C35H57N3O3/c1-24(10-13-32(40)41-4)28-11-12-29-33-30(15-17-35(28,29)3)34(2)16-14-26(21-25(34)22-31(33)39)37-20-8-7-18-36-23-27-9-5-6-19-38-27/h5-6,9,19,24-26,28-31,33,36-37,39H,7-8,10-18,20-23H2,1-4H3/t24-,25-,26-,28+,29+,30-,31-,33+,34+,35+/m1/s1. The number of nitrogens with zero attached hydrogens (tertiary/aromatic N) is 1. The number of nitrogens with one attached hydrogen (secondary N) is 2. The van der Waals surface area contributed by atoms with E-state index in [9.17, 15) is 9.90 Å². The summed E-state index contributed by atoms with van der Waals surface area (Å²) in [6, 6.07) is 6.67. The second kappa shape index (κ2) is 13.4. The molecule has 41 heavy (non-hydrogen) atoms. The number of aromatic nitrogens is 1. The van der Waals surface area contributed by atoms with Gasteiger partial charge in [0.15, 0.2) is 0 Å². The minimum atomic E-state index is -0.157. The average molecular weight is 568 g/mol. The van der Waals surface area contributed by atoms with Crippen molar-refractivity contribution in [2.45, 2.75) is 117 Å². The number of rotatable bonds is 12. The molecule has 5 rings (SSSR count). The fraction of sp³-hybridized carbons (Fsp3) is 0.829. The van der Waals surface area contributed by atoms with E-state index in [1.165, 1.54) is 64.9 Å². The number of ether oxygens (including phenoxy) is 1. The number of esters is 1. The van der Waals surface area contributed by atoms with Gasteiger partial charge in [-0.2, -0.15) is 0 Å². The Hall–Kier alpha value is -1.50. The molecule has 10 atom stereocenters. The Morgan fingerprint density at radius 2 is 1.85 bits per heavy atom. The summed E-state index contributed by atoms with van der Waals surface area (Å²) in [6.07, 6.45) is 15.4. The smallest absolute Gasteiger partial charge is 0.305 e. The predicted molar refractivity (Wildman–Crippen MR) is 164 cm³/mol. The first-order chi connectivity index (χ1) is 19.8. The highest BCUT2D eigenvalue weighted by Gasteiger charge is 2.62. The molecule has 4 saturated carbocycles. The van der Waals surface area contributed by atoms with E-state index in [0.717, 1.165) is 38.2 Å². The molecule has 3 N–H and O–H groups in total. The van der Waals surface area contributed by atoms with E-state index in [-0.39, 0.29) is 12.1 Å². The van der Waals surface area contributed by atoms with Crippen molar-refractivity contribution < 1.29 is 14.6 Å². The van der Waals surface area contributed by atoms with Crippen LogP contribution in [0.4, 0.5) is 0 Å². The molecular weight excluding hydrogens is 510 g/mol. The lowest BCUT2D eigenvalue weighted by atomic mass is 9.43. The van der Waals surface area contributed by atoms with Crippen LogP contribution in [0, 0.1) is 46.3 Å². The van der Waals surface area contributed by atoms with Gasteiger partial charge in [0.1, 0.15) is 0 Å². The highest BCUT2D eigenvalue weighted by molar-refractivity contribution is 5.69. The van der Waals surface area contributed by atoms with E-state index >= 15 is 0 Å². The van der Waals surface area contributed by atoms with E-state index in [0.29, 0.717) is 58.8 Å². The van der Waals surface area contributed by atoms with Crippen LogP contribution in [-0.4, -0.2) is 48.4 Å². The van der Waals surface area contributed by atoms with Gasteiger partial charge in [-0.15, -0.1) is 0 Å². The molecule has 0 spiro atoms. The van der Waals surface area contributed by atoms with Gasteiger partial charge in [0.2, 0.25) is 0 Å². The number of aliphatic hydroxyl groups is 1. The Bertz CT molecular complexity index is 990. The van der Waals surface area contributed by atoms with Gasteiger partial charge in [-0.05, 0) is 142 Å². The molecule has 1 aromatic heterocycles. The van der Waals surface area contributed by atoms with Crippen LogP contribution in [0.25, 0.3) is 0 Å². The predicted octanol–water partition coefficient (Wildman–Crippen LogP) is 6.13. The van der Waals surface area contributed by atoms with Crippen LogP contribution >= 0.6 is 0 Å². The molecule has 4 aliphatic carbocycles. The molecule has 6 nitrogen and oxygen atoms in total. The summed E-state index contributed by atoms with van der Waals surface area (Å²) in [7, 11) is 1.49. The number of methoxy groups -OCH3 is 1. The minimum Gasteiger partial charge on any atom is -0.469 e. The van der Waals surface area contributed by atoms with Gasteiger partial charge in [0.25, 0.3) is 0 Å². The number of fused-ring (bicyclic) bond motifs is 5. The summed E-state index contributed by atoms with van der Waals surface area (Å²) >= 11 is 0. The fourth-order valence-corrected chi connectivity index (χ4v) is 10.4. The largest absolute Gasteiger partial charge is 0.469 e. The zero-order valence-corrected chi connectivity index (χ0v) is 26.2.